The SMILES string of the molecule is CCC1COC(C)CN1C(=O)C1CCCCCN1. The minimum atomic E-state index is 0.0341. The molecule has 4 nitrogen and oxygen atoms in total. The van der Waals surface area contributed by atoms with E-state index in [0.717, 1.165) is 25.9 Å². The first-order valence-corrected chi connectivity index (χ1v) is 7.37. The van der Waals surface area contributed by atoms with Gasteiger partial charge in [-0.3, -0.25) is 4.79 Å². The van der Waals surface area contributed by atoms with Gasteiger partial charge in [-0.05, 0) is 32.7 Å². The van der Waals surface area contributed by atoms with Gasteiger partial charge in [-0.25, -0.2) is 0 Å². The second kappa shape index (κ2) is 6.53. The van der Waals surface area contributed by atoms with Gasteiger partial charge in [0.15, 0.2) is 0 Å². The molecule has 104 valence electrons. The molecule has 0 aromatic heterocycles. The Morgan fingerprint density at radius 3 is 3.00 bits per heavy atom. The monoisotopic (exact) mass is 254 g/mol. The number of nitrogens with one attached hydrogen (secondary N) is 1. The van der Waals surface area contributed by atoms with Gasteiger partial charge in [0.2, 0.25) is 5.91 Å². The fourth-order valence-corrected chi connectivity index (χ4v) is 2.89. The molecule has 2 aliphatic heterocycles. The van der Waals surface area contributed by atoms with E-state index < -0.39 is 0 Å². The van der Waals surface area contributed by atoms with Crippen molar-refractivity contribution >= 4 is 5.91 Å². The molecular weight excluding hydrogens is 228 g/mol. The van der Waals surface area contributed by atoms with Crippen LogP contribution in [0.2, 0.25) is 0 Å². The Morgan fingerprint density at radius 1 is 1.39 bits per heavy atom. The third kappa shape index (κ3) is 3.23. The molecule has 0 saturated carbocycles. The standard InChI is InChI=1S/C14H26N2O2/c1-3-12-10-18-11(2)9-16(12)14(17)13-7-5-4-6-8-15-13/h11-13,15H,3-10H2,1-2H3. The minimum Gasteiger partial charge on any atom is -0.375 e. The molecule has 0 bridgehead atoms. The largest absolute Gasteiger partial charge is 0.375 e. The van der Waals surface area contributed by atoms with Crippen LogP contribution in [0.5, 0.6) is 0 Å². The highest BCUT2D eigenvalue weighted by Gasteiger charge is 2.33. The van der Waals surface area contributed by atoms with Crippen LogP contribution in [0.4, 0.5) is 0 Å². The van der Waals surface area contributed by atoms with Crippen LogP contribution in [0.15, 0.2) is 0 Å². The van der Waals surface area contributed by atoms with Gasteiger partial charge in [-0.1, -0.05) is 19.8 Å². The highest BCUT2D eigenvalue weighted by atomic mass is 16.5. The lowest BCUT2D eigenvalue weighted by atomic mass is 10.1. The van der Waals surface area contributed by atoms with Crippen LogP contribution in [-0.4, -0.2) is 48.7 Å². The smallest absolute Gasteiger partial charge is 0.240 e. The molecular formula is C14H26N2O2. The van der Waals surface area contributed by atoms with Crippen molar-refractivity contribution in [2.45, 2.75) is 64.1 Å². The van der Waals surface area contributed by atoms with Gasteiger partial charge in [-0.15, -0.1) is 0 Å². The van der Waals surface area contributed by atoms with Crippen molar-refractivity contribution in [1.82, 2.24) is 10.2 Å². The number of hydrogen-bond acceptors (Lipinski definition) is 3. The summed E-state index contributed by atoms with van der Waals surface area (Å²) in [5.41, 5.74) is 0. The summed E-state index contributed by atoms with van der Waals surface area (Å²) in [7, 11) is 0. The number of rotatable bonds is 2. The first-order chi connectivity index (χ1) is 8.72. The number of hydrogen-bond donors (Lipinski definition) is 1. The predicted molar refractivity (Wildman–Crippen MR) is 71.5 cm³/mol. The Hall–Kier alpha value is -0.610. The summed E-state index contributed by atoms with van der Waals surface area (Å²) in [4.78, 5) is 14.7. The molecule has 1 amide bonds. The average molecular weight is 254 g/mol. The molecule has 0 spiro atoms. The van der Waals surface area contributed by atoms with Crippen LogP contribution in [0, 0.1) is 0 Å². The molecule has 18 heavy (non-hydrogen) atoms. The third-order valence-electron chi connectivity index (χ3n) is 4.08. The Morgan fingerprint density at radius 2 is 2.22 bits per heavy atom. The van der Waals surface area contributed by atoms with Gasteiger partial charge < -0.3 is 15.0 Å². The molecule has 0 aromatic carbocycles. The summed E-state index contributed by atoms with van der Waals surface area (Å²) in [6.45, 7) is 6.59. The summed E-state index contributed by atoms with van der Waals surface area (Å²) >= 11 is 0. The number of carbonyl (C=O) groups excluding carboxylic acids is 1. The average Bonchev–Trinajstić information content (AvgIpc) is 2.66. The highest BCUT2D eigenvalue weighted by Crippen LogP contribution is 2.18. The van der Waals surface area contributed by atoms with Crippen LogP contribution in [0.3, 0.4) is 0 Å². The van der Waals surface area contributed by atoms with E-state index >= 15 is 0 Å². The van der Waals surface area contributed by atoms with E-state index in [1.807, 2.05) is 6.92 Å². The zero-order valence-corrected chi connectivity index (χ0v) is 11.7. The van der Waals surface area contributed by atoms with Gasteiger partial charge in [0.25, 0.3) is 0 Å². The van der Waals surface area contributed by atoms with E-state index in [9.17, 15) is 4.79 Å². The van der Waals surface area contributed by atoms with Crippen LogP contribution in [0.1, 0.15) is 46.0 Å². The van der Waals surface area contributed by atoms with Gasteiger partial charge in [-0.2, -0.15) is 0 Å². The van der Waals surface area contributed by atoms with Gasteiger partial charge in [0.1, 0.15) is 0 Å². The Labute approximate surface area is 110 Å². The van der Waals surface area contributed by atoms with Gasteiger partial charge in [0.05, 0.1) is 24.8 Å². The van der Waals surface area contributed by atoms with E-state index in [1.165, 1.54) is 19.3 Å². The zero-order chi connectivity index (χ0) is 13.0. The van der Waals surface area contributed by atoms with Crippen molar-refractivity contribution in [2.24, 2.45) is 0 Å². The van der Waals surface area contributed by atoms with Crippen molar-refractivity contribution in [3.8, 4) is 0 Å². The second-order valence-electron chi connectivity index (χ2n) is 5.55. The zero-order valence-electron chi connectivity index (χ0n) is 11.7. The van der Waals surface area contributed by atoms with Crippen LogP contribution >= 0.6 is 0 Å². The second-order valence-corrected chi connectivity index (χ2v) is 5.55. The van der Waals surface area contributed by atoms with Crippen molar-refractivity contribution in [3.63, 3.8) is 0 Å². The van der Waals surface area contributed by atoms with E-state index in [1.54, 1.807) is 0 Å². The van der Waals surface area contributed by atoms with Crippen molar-refractivity contribution in [2.75, 3.05) is 19.7 Å². The molecule has 4 heteroatoms. The first kappa shape index (κ1) is 13.8. The summed E-state index contributed by atoms with van der Waals surface area (Å²) in [6.07, 6.45) is 5.74. The summed E-state index contributed by atoms with van der Waals surface area (Å²) in [6, 6.07) is 0.297. The Kier molecular flexibility index (Phi) is 5.01. The topological polar surface area (TPSA) is 41.6 Å². The van der Waals surface area contributed by atoms with E-state index in [2.05, 4.69) is 17.1 Å². The Bertz CT molecular complexity index is 275. The maximum atomic E-state index is 12.6. The minimum absolute atomic E-state index is 0.0341. The van der Waals surface area contributed by atoms with Gasteiger partial charge >= 0.3 is 0 Å². The van der Waals surface area contributed by atoms with Crippen molar-refractivity contribution in [3.05, 3.63) is 0 Å². The molecule has 2 fully saturated rings. The molecule has 2 aliphatic rings. The van der Waals surface area contributed by atoms with E-state index in [4.69, 9.17) is 4.74 Å². The maximum Gasteiger partial charge on any atom is 0.240 e. The normalized spacial score (nSPS) is 34.1. The molecule has 3 atom stereocenters. The quantitative estimate of drug-likeness (QED) is 0.813. The van der Waals surface area contributed by atoms with Crippen LogP contribution in [0.25, 0.3) is 0 Å². The molecule has 0 aromatic rings. The fraction of sp³-hybridized carbons (Fsp3) is 0.929. The Balaban J connectivity index is 2.00. The molecule has 2 heterocycles. The van der Waals surface area contributed by atoms with Crippen molar-refractivity contribution in [1.29, 1.82) is 0 Å². The highest BCUT2D eigenvalue weighted by molar-refractivity contribution is 5.82. The fourth-order valence-electron chi connectivity index (χ4n) is 2.89. The number of morpholine rings is 1. The number of amides is 1. The number of carbonyl (C=O) groups is 1. The van der Waals surface area contributed by atoms with E-state index in [0.29, 0.717) is 12.5 Å². The first-order valence-electron chi connectivity index (χ1n) is 7.37. The lowest BCUT2D eigenvalue weighted by molar-refractivity contribution is -0.146. The van der Waals surface area contributed by atoms with Crippen LogP contribution in [-0.2, 0) is 9.53 Å². The number of nitrogens with zero attached hydrogens (tertiary/aromatic N) is 1. The summed E-state index contributed by atoms with van der Waals surface area (Å²) in [5, 5.41) is 3.41. The molecule has 2 rings (SSSR count). The van der Waals surface area contributed by atoms with Crippen LogP contribution < -0.4 is 5.32 Å². The third-order valence-corrected chi connectivity index (χ3v) is 4.08. The van der Waals surface area contributed by atoms with Crippen molar-refractivity contribution < 1.29 is 9.53 Å². The molecule has 0 aliphatic carbocycles. The maximum absolute atomic E-state index is 12.6. The molecule has 1 N–H and O–H groups in total. The number of ether oxygens (including phenoxy) is 1. The lowest BCUT2D eigenvalue weighted by Crippen LogP contribution is -2.56. The lowest BCUT2D eigenvalue weighted by Gasteiger charge is -2.40. The summed E-state index contributed by atoms with van der Waals surface area (Å²) < 4.78 is 5.66. The predicted octanol–water partition coefficient (Wildman–Crippen LogP) is 1.54. The van der Waals surface area contributed by atoms with E-state index in [-0.39, 0.29) is 18.2 Å². The van der Waals surface area contributed by atoms with Gasteiger partial charge in [0, 0.05) is 6.54 Å². The molecule has 2 saturated heterocycles. The summed E-state index contributed by atoms with van der Waals surface area (Å²) in [5.74, 6) is 0.291. The molecule has 3 unspecified atom stereocenters. The molecule has 0 radical (unpaired) electrons.